The molecule has 0 aliphatic carbocycles. The van der Waals surface area contributed by atoms with Crippen molar-refractivity contribution >= 4 is 0 Å². The van der Waals surface area contributed by atoms with Crippen molar-refractivity contribution in [3.8, 4) is 11.5 Å². The van der Waals surface area contributed by atoms with Gasteiger partial charge in [0.1, 0.15) is 11.5 Å². The molecule has 2 heterocycles. The van der Waals surface area contributed by atoms with Gasteiger partial charge in [-0.2, -0.15) is 4.98 Å². The Morgan fingerprint density at radius 1 is 1.33 bits per heavy atom. The third-order valence-electron chi connectivity index (χ3n) is 4.52. The first-order chi connectivity index (χ1) is 11.6. The molecule has 1 aliphatic rings. The van der Waals surface area contributed by atoms with E-state index in [1.54, 1.807) is 14.2 Å². The Morgan fingerprint density at radius 2 is 2.04 bits per heavy atom. The summed E-state index contributed by atoms with van der Waals surface area (Å²) in [5.41, 5.74) is 1.72. The number of β-amino-alcohol motifs (C(OH)–C–C–N with tert-alkyl or cyclic N) is 1. The highest BCUT2D eigenvalue weighted by molar-refractivity contribution is 5.51. The predicted molar refractivity (Wildman–Crippen MR) is 87.0 cm³/mol. The molecule has 130 valence electrons. The molecule has 24 heavy (non-hydrogen) atoms. The summed E-state index contributed by atoms with van der Waals surface area (Å²) in [4.78, 5) is 6.50. The first kappa shape index (κ1) is 16.7. The normalized spacial score (nSPS) is 19.0. The molecule has 2 aromatic rings. The minimum Gasteiger partial charge on any atom is -0.496 e. The Labute approximate surface area is 141 Å². The third-order valence-corrected chi connectivity index (χ3v) is 4.52. The summed E-state index contributed by atoms with van der Waals surface area (Å²) < 4.78 is 16.2. The average molecular weight is 333 g/mol. The van der Waals surface area contributed by atoms with Gasteiger partial charge < -0.3 is 19.1 Å². The van der Waals surface area contributed by atoms with E-state index in [0.29, 0.717) is 30.6 Å². The Balaban J connectivity index is 1.93. The van der Waals surface area contributed by atoms with Crippen LogP contribution in [0.5, 0.6) is 11.5 Å². The highest BCUT2D eigenvalue weighted by Gasteiger charge is 2.33. The van der Waals surface area contributed by atoms with Gasteiger partial charge in [-0.05, 0) is 19.1 Å². The van der Waals surface area contributed by atoms with E-state index in [4.69, 9.17) is 14.0 Å². The van der Waals surface area contributed by atoms with Crippen LogP contribution in [-0.2, 0) is 13.0 Å². The molecule has 7 heteroatoms. The van der Waals surface area contributed by atoms with Gasteiger partial charge in [0.25, 0.3) is 0 Å². The fourth-order valence-corrected chi connectivity index (χ4v) is 3.13. The zero-order valence-electron chi connectivity index (χ0n) is 14.4. The molecule has 0 saturated carbocycles. The number of benzene rings is 1. The Morgan fingerprint density at radius 3 is 2.67 bits per heavy atom. The maximum absolute atomic E-state index is 10.7. The van der Waals surface area contributed by atoms with E-state index in [-0.39, 0.29) is 6.04 Å². The quantitative estimate of drug-likeness (QED) is 0.899. The van der Waals surface area contributed by atoms with Gasteiger partial charge in [0.05, 0.1) is 26.4 Å². The monoisotopic (exact) mass is 333 g/mol. The number of aliphatic hydroxyl groups excluding tert-OH is 1. The number of aryl methyl sites for hydroxylation is 1. The topological polar surface area (TPSA) is 80.9 Å². The minimum absolute atomic E-state index is 0.100. The molecule has 0 unspecified atom stereocenters. The molecule has 2 atom stereocenters. The number of hydrogen-bond donors (Lipinski definition) is 1. The van der Waals surface area contributed by atoms with E-state index in [1.165, 1.54) is 0 Å². The SMILES string of the molecule is CCc1noc([C@@H](C)N2Cc3c(OC)ccc(OC)c3[C@@H](O)C2)n1. The lowest BCUT2D eigenvalue weighted by atomic mass is 9.94. The predicted octanol–water partition coefficient (Wildman–Crippen LogP) is 2.26. The van der Waals surface area contributed by atoms with Crippen molar-refractivity contribution in [2.24, 2.45) is 0 Å². The van der Waals surface area contributed by atoms with Crippen LogP contribution in [-0.4, -0.2) is 40.9 Å². The van der Waals surface area contributed by atoms with Gasteiger partial charge in [0.15, 0.2) is 5.82 Å². The number of rotatable bonds is 5. The van der Waals surface area contributed by atoms with Crippen LogP contribution in [0, 0.1) is 0 Å². The first-order valence-corrected chi connectivity index (χ1v) is 8.07. The van der Waals surface area contributed by atoms with Crippen molar-refractivity contribution in [2.45, 2.75) is 39.0 Å². The molecule has 0 radical (unpaired) electrons. The maximum Gasteiger partial charge on any atom is 0.243 e. The maximum atomic E-state index is 10.7. The van der Waals surface area contributed by atoms with Gasteiger partial charge in [0.2, 0.25) is 5.89 Å². The summed E-state index contributed by atoms with van der Waals surface area (Å²) in [5, 5.41) is 14.6. The molecule has 3 rings (SSSR count). The second-order valence-electron chi connectivity index (χ2n) is 5.89. The summed E-state index contributed by atoms with van der Waals surface area (Å²) in [5.74, 6) is 2.66. The molecule has 0 spiro atoms. The number of methoxy groups -OCH3 is 2. The molecule has 0 amide bonds. The number of fused-ring (bicyclic) bond motifs is 1. The summed E-state index contributed by atoms with van der Waals surface area (Å²) in [6, 6.07) is 3.59. The lowest BCUT2D eigenvalue weighted by molar-refractivity contribution is 0.0567. The van der Waals surface area contributed by atoms with Crippen molar-refractivity contribution in [3.05, 3.63) is 35.0 Å². The van der Waals surface area contributed by atoms with Crippen LogP contribution in [0.1, 0.15) is 48.8 Å². The minimum atomic E-state index is -0.671. The van der Waals surface area contributed by atoms with Gasteiger partial charge in [-0.15, -0.1) is 0 Å². The molecule has 1 aromatic heterocycles. The van der Waals surface area contributed by atoms with Crippen LogP contribution >= 0.6 is 0 Å². The van der Waals surface area contributed by atoms with Crippen LogP contribution < -0.4 is 9.47 Å². The van der Waals surface area contributed by atoms with Crippen molar-refractivity contribution in [2.75, 3.05) is 20.8 Å². The standard InChI is InChI=1S/C17H23N3O4/c1-5-15-18-17(24-19-15)10(2)20-8-11-13(22-3)6-7-14(23-4)16(11)12(21)9-20/h6-7,10,12,21H,5,8-9H2,1-4H3/t10-,12+/m1/s1. The van der Waals surface area contributed by atoms with Crippen molar-refractivity contribution in [1.82, 2.24) is 15.0 Å². The second-order valence-corrected chi connectivity index (χ2v) is 5.89. The van der Waals surface area contributed by atoms with Gasteiger partial charge in [-0.1, -0.05) is 12.1 Å². The van der Waals surface area contributed by atoms with Gasteiger partial charge >= 0.3 is 0 Å². The van der Waals surface area contributed by atoms with Crippen molar-refractivity contribution < 1.29 is 19.1 Å². The van der Waals surface area contributed by atoms with E-state index in [2.05, 4.69) is 15.0 Å². The molecule has 7 nitrogen and oxygen atoms in total. The van der Waals surface area contributed by atoms with E-state index in [1.807, 2.05) is 26.0 Å². The summed E-state index contributed by atoms with van der Waals surface area (Å²) >= 11 is 0. The van der Waals surface area contributed by atoms with Crippen LogP contribution in [0.25, 0.3) is 0 Å². The lowest BCUT2D eigenvalue weighted by Crippen LogP contribution is -2.36. The van der Waals surface area contributed by atoms with E-state index < -0.39 is 6.10 Å². The van der Waals surface area contributed by atoms with Crippen molar-refractivity contribution in [1.29, 1.82) is 0 Å². The van der Waals surface area contributed by atoms with E-state index in [9.17, 15) is 5.11 Å². The highest BCUT2D eigenvalue weighted by Crippen LogP contribution is 2.41. The molecule has 0 fully saturated rings. The zero-order chi connectivity index (χ0) is 17.3. The number of ether oxygens (including phenoxy) is 2. The van der Waals surface area contributed by atoms with Crippen LogP contribution in [0.15, 0.2) is 16.7 Å². The zero-order valence-corrected chi connectivity index (χ0v) is 14.4. The molecule has 1 aliphatic heterocycles. The second kappa shape index (κ2) is 6.78. The van der Waals surface area contributed by atoms with E-state index in [0.717, 1.165) is 23.3 Å². The van der Waals surface area contributed by atoms with Crippen LogP contribution in [0.4, 0.5) is 0 Å². The molecule has 0 saturated heterocycles. The van der Waals surface area contributed by atoms with Gasteiger partial charge in [0, 0.05) is 30.6 Å². The molecular formula is C17H23N3O4. The van der Waals surface area contributed by atoms with Crippen LogP contribution in [0.2, 0.25) is 0 Å². The highest BCUT2D eigenvalue weighted by atomic mass is 16.5. The molecule has 1 aromatic carbocycles. The lowest BCUT2D eigenvalue weighted by Gasteiger charge is -2.36. The molecule has 0 bridgehead atoms. The Kier molecular flexibility index (Phi) is 4.73. The average Bonchev–Trinajstić information content (AvgIpc) is 3.09. The van der Waals surface area contributed by atoms with Gasteiger partial charge in [-0.25, -0.2) is 0 Å². The molecular weight excluding hydrogens is 310 g/mol. The number of hydrogen-bond acceptors (Lipinski definition) is 7. The molecule has 1 N–H and O–H groups in total. The van der Waals surface area contributed by atoms with Gasteiger partial charge in [-0.3, -0.25) is 4.90 Å². The number of aromatic nitrogens is 2. The summed E-state index contributed by atoms with van der Waals surface area (Å²) in [6.45, 7) is 5.05. The van der Waals surface area contributed by atoms with Crippen molar-refractivity contribution in [3.63, 3.8) is 0 Å². The number of nitrogens with zero attached hydrogens (tertiary/aromatic N) is 3. The fraction of sp³-hybridized carbons (Fsp3) is 0.529. The third kappa shape index (κ3) is 2.85. The number of aliphatic hydroxyl groups is 1. The Bertz CT molecular complexity index is 716. The first-order valence-electron chi connectivity index (χ1n) is 8.07. The Hall–Kier alpha value is -2.12. The largest absolute Gasteiger partial charge is 0.496 e. The fourth-order valence-electron chi connectivity index (χ4n) is 3.13. The smallest absolute Gasteiger partial charge is 0.243 e. The van der Waals surface area contributed by atoms with E-state index >= 15 is 0 Å². The van der Waals surface area contributed by atoms with Crippen LogP contribution in [0.3, 0.4) is 0 Å². The summed E-state index contributed by atoms with van der Waals surface area (Å²) in [7, 11) is 3.23. The summed E-state index contributed by atoms with van der Waals surface area (Å²) in [6.07, 6.45) is 0.0574.